The van der Waals surface area contributed by atoms with Crippen molar-refractivity contribution in [1.29, 1.82) is 0 Å². The third-order valence-corrected chi connectivity index (χ3v) is 8.42. The Balaban J connectivity index is 2.39. The van der Waals surface area contributed by atoms with E-state index < -0.39 is 43.6 Å². The van der Waals surface area contributed by atoms with Gasteiger partial charge in [0.25, 0.3) is 0 Å². The van der Waals surface area contributed by atoms with E-state index >= 15 is 8.78 Å². The number of rotatable bonds is 10. The largest absolute Gasteiger partial charge is 0.384 e. The Morgan fingerprint density at radius 2 is 1.91 bits per heavy atom. The molecule has 2 heterocycles. The van der Waals surface area contributed by atoms with Crippen molar-refractivity contribution in [3.05, 3.63) is 22.7 Å². The normalized spacial score (nSPS) is 24.7. The maximum absolute atomic E-state index is 15.6. The zero-order chi connectivity index (χ0) is 25.9. The number of hydrogen-bond acceptors (Lipinski definition) is 6. The summed E-state index contributed by atoms with van der Waals surface area (Å²) >= 11 is 0. The van der Waals surface area contributed by atoms with E-state index in [1.54, 1.807) is 33.9 Å². The highest BCUT2D eigenvalue weighted by Gasteiger charge is 2.71. The number of hydrogen-bond donors (Lipinski definition) is 2. The molecule has 11 heteroatoms. The van der Waals surface area contributed by atoms with Crippen LogP contribution in [0.5, 0.6) is 0 Å². The lowest BCUT2D eigenvalue weighted by Gasteiger charge is -2.38. The van der Waals surface area contributed by atoms with Crippen LogP contribution in [0.4, 0.5) is 14.6 Å². The third-order valence-electron chi connectivity index (χ3n) is 6.05. The van der Waals surface area contributed by atoms with Crippen LogP contribution in [-0.4, -0.2) is 59.7 Å². The average Bonchev–Trinajstić information content (AvgIpc) is 2.93. The van der Waals surface area contributed by atoms with Gasteiger partial charge in [-0.15, -0.1) is 0 Å². The molecule has 0 unspecified atom stereocenters. The van der Waals surface area contributed by atoms with Crippen LogP contribution in [0.15, 0.2) is 17.1 Å². The molecule has 194 valence electrons. The summed E-state index contributed by atoms with van der Waals surface area (Å²) < 4.78 is 43.3. The van der Waals surface area contributed by atoms with E-state index in [4.69, 9.17) is 9.47 Å². The molecule has 1 saturated heterocycles. The Morgan fingerprint density at radius 3 is 2.38 bits per heavy atom. The minimum atomic E-state index is -3.75. The Labute approximate surface area is 201 Å². The number of aliphatic hydroxyl groups excluding tert-OH is 1. The number of aromatic nitrogens is 2. The van der Waals surface area contributed by atoms with E-state index in [0.717, 1.165) is 17.4 Å². The van der Waals surface area contributed by atoms with Crippen LogP contribution in [0, 0.1) is 5.92 Å². The van der Waals surface area contributed by atoms with E-state index in [0.29, 0.717) is 12.8 Å². The summed E-state index contributed by atoms with van der Waals surface area (Å²) in [7, 11) is -2.51. The number of anilines is 1. The Kier molecular flexibility index (Phi) is 9.17. The molecule has 34 heavy (non-hydrogen) atoms. The van der Waals surface area contributed by atoms with Crippen LogP contribution in [-0.2, 0) is 19.6 Å². The van der Waals surface area contributed by atoms with Gasteiger partial charge in [-0.1, -0.05) is 39.8 Å². The molecular weight excluding hydrogens is 464 g/mol. The summed E-state index contributed by atoms with van der Waals surface area (Å²) in [6, 6.07) is 1.32. The molecule has 1 aliphatic heterocycles. The Hall–Kier alpha value is -1.69. The molecule has 8 nitrogen and oxygen atoms in total. The van der Waals surface area contributed by atoms with Crippen molar-refractivity contribution in [3.8, 4) is 0 Å². The molecule has 1 aromatic heterocycles. The van der Waals surface area contributed by atoms with Gasteiger partial charge in [0.1, 0.15) is 20.7 Å². The van der Waals surface area contributed by atoms with Crippen LogP contribution in [0.3, 0.4) is 0 Å². The van der Waals surface area contributed by atoms with Gasteiger partial charge in [-0.3, -0.25) is 9.36 Å². The molecule has 1 fully saturated rings. The monoisotopic (exact) mass is 503 g/mol. The van der Waals surface area contributed by atoms with Crippen LogP contribution in [0.1, 0.15) is 60.3 Å². The standard InChI is InChI=1S/C23H39F2N3O5Si/c1-8-10-15(11-9-2)19(30)26-17-12-13-28(20(31)27-17)23(34(6)7)22(24,25)18(29)16(33-23)14-32-21(3,4)5/h12-13,15-16,18,29,34H,8-11,14H2,1-7H3,(H,26,27,30,31)/t16-,18-,23+/m1/s1. The van der Waals surface area contributed by atoms with Crippen molar-refractivity contribution < 1.29 is 28.2 Å². The van der Waals surface area contributed by atoms with Gasteiger partial charge < -0.3 is 19.9 Å². The second kappa shape index (κ2) is 10.9. The summed E-state index contributed by atoms with van der Waals surface area (Å²) in [6.07, 6.45) is 0.774. The fourth-order valence-corrected chi connectivity index (χ4v) is 6.49. The quantitative estimate of drug-likeness (QED) is 0.475. The van der Waals surface area contributed by atoms with Crippen molar-refractivity contribution in [2.45, 2.75) is 102 Å². The van der Waals surface area contributed by atoms with E-state index in [9.17, 15) is 14.7 Å². The van der Waals surface area contributed by atoms with Crippen molar-refractivity contribution >= 4 is 20.5 Å². The highest BCUT2D eigenvalue weighted by Crippen LogP contribution is 2.49. The van der Waals surface area contributed by atoms with Gasteiger partial charge >= 0.3 is 11.6 Å². The predicted octanol–water partition coefficient (Wildman–Crippen LogP) is 3.29. The van der Waals surface area contributed by atoms with Gasteiger partial charge in [0.05, 0.1) is 12.2 Å². The predicted molar refractivity (Wildman–Crippen MR) is 129 cm³/mol. The number of halogens is 2. The molecule has 2 rings (SSSR count). The molecule has 0 bridgehead atoms. The first kappa shape index (κ1) is 28.5. The summed E-state index contributed by atoms with van der Waals surface area (Å²) in [6.45, 7) is 12.3. The third kappa shape index (κ3) is 5.75. The Morgan fingerprint density at radius 1 is 1.32 bits per heavy atom. The van der Waals surface area contributed by atoms with Crippen molar-refractivity contribution in [1.82, 2.24) is 9.55 Å². The van der Waals surface area contributed by atoms with Crippen molar-refractivity contribution in [2.75, 3.05) is 11.9 Å². The molecular formula is C23H39F2N3O5Si. The highest BCUT2D eigenvalue weighted by atomic mass is 28.3. The maximum atomic E-state index is 15.6. The minimum Gasteiger partial charge on any atom is -0.384 e. The van der Waals surface area contributed by atoms with Gasteiger partial charge in [-0.2, -0.15) is 13.8 Å². The summed E-state index contributed by atoms with van der Waals surface area (Å²) in [5.41, 5.74) is -1.60. The molecule has 0 aliphatic carbocycles. The zero-order valence-corrected chi connectivity index (χ0v) is 22.4. The zero-order valence-electron chi connectivity index (χ0n) is 21.2. The van der Waals surface area contributed by atoms with Crippen LogP contribution in [0.2, 0.25) is 13.1 Å². The fraction of sp³-hybridized carbons (Fsp3) is 0.783. The number of carbonyl (C=O) groups is 1. The molecule has 1 amide bonds. The van der Waals surface area contributed by atoms with Gasteiger partial charge in [-0.05, 0) is 39.7 Å². The second-order valence-corrected chi connectivity index (χ2v) is 13.3. The molecule has 0 spiro atoms. The second-order valence-electron chi connectivity index (χ2n) is 10.2. The number of carbonyl (C=O) groups excluding carboxylic acids is 1. The number of ether oxygens (including phenoxy) is 2. The lowest BCUT2D eigenvalue weighted by atomic mass is 9.97. The number of aliphatic hydroxyl groups is 1. The molecule has 2 N–H and O–H groups in total. The molecule has 3 atom stereocenters. The first-order valence-corrected chi connectivity index (χ1v) is 14.9. The van der Waals surface area contributed by atoms with Gasteiger partial charge in [0.2, 0.25) is 5.91 Å². The molecule has 0 saturated carbocycles. The maximum Gasteiger partial charge on any atom is 0.351 e. The lowest BCUT2D eigenvalue weighted by Crippen LogP contribution is -2.61. The molecule has 1 aromatic rings. The number of nitrogens with zero attached hydrogens (tertiary/aromatic N) is 2. The number of alkyl halides is 2. The summed E-state index contributed by atoms with van der Waals surface area (Å²) in [4.78, 5) is 29.4. The number of amides is 1. The van der Waals surface area contributed by atoms with Gasteiger partial charge in [0, 0.05) is 12.1 Å². The lowest BCUT2D eigenvalue weighted by molar-refractivity contribution is -0.175. The minimum absolute atomic E-state index is 0.00138. The number of nitrogens with one attached hydrogen (secondary N) is 1. The van der Waals surface area contributed by atoms with Gasteiger partial charge in [0.15, 0.2) is 11.5 Å². The van der Waals surface area contributed by atoms with Crippen molar-refractivity contribution in [3.63, 3.8) is 0 Å². The topological polar surface area (TPSA) is 103 Å². The first-order valence-electron chi connectivity index (χ1n) is 12.0. The SMILES string of the molecule is CCCC(CCC)C(=O)Nc1ccn([C@]2([SiH](C)C)O[C@H](COC(C)(C)C)[C@@H](O)C2(F)F)c(=O)n1. The van der Waals surface area contributed by atoms with Crippen LogP contribution >= 0.6 is 0 Å². The smallest absolute Gasteiger partial charge is 0.351 e. The molecule has 1 aliphatic rings. The van der Waals surface area contributed by atoms with E-state index in [2.05, 4.69) is 10.3 Å². The van der Waals surface area contributed by atoms with Crippen LogP contribution < -0.4 is 11.0 Å². The Bertz CT molecular complexity index is 899. The van der Waals surface area contributed by atoms with E-state index in [-0.39, 0.29) is 24.2 Å². The highest BCUT2D eigenvalue weighted by molar-refractivity contribution is 6.58. The summed E-state index contributed by atoms with van der Waals surface area (Å²) in [5, 5.41) is 10.8. The van der Waals surface area contributed by atoms with Crippen LogP contribution in [0.25, 0.3) is 0 Å². The van der Waals surface area contributed by atoms with Crippen molar-refractivity contribution in [2.24, 2.45) is 5.92 Å². The van der Waals surface area contributed by atoms with E-state index in [1.807, 2.05) is 13.8 Å². The fourth-order valence-electron chi connectivity index (χ4n) is 4.35. The summed E-state index contributed by atoms with van der Waals surface area (Å²) in [5.74, 6) is -4.21. The molecule has 0 aromatic carbocycles. The van der Waals surface area contributed by atoms with E-state index in [1.165, 1.54) is 12.3 Å². The van der Waals surface area contributed by atoms with Gasteiger partial charge in [-0.25, -0.2) is 4.79 Å². The first-order chi connectivity index (χ1) is 15.7. The molecule has 0 radical (unpaired) electrons. The average molecular weight is 504 g/mol.